The molecule has 6 N–H and O–H groups in total. The van der Waals surface area contributed by atoms with Crippen LogP contribution in [0.15, 0.2) is 0 Å². The van der Waals surface area contributed by atoms with Gasteiger partial charge in [-0.25, -0.2) is 10.2 Å². The summed E-state index contributed by atoms with van der Waals surface area (Å²) in [5.74, 6) is -0.0996. The van der Waals surface area contributed by atoms with Crippen LogP contribution in [-0.4, -0.2) is 46.9 Å². The lowest BCUT2D eigenvalue weighted by Gasteiger charge is -2.36. The molecule has 0 radical (unpaired) electrons. The summed E-state index contributed by atoms with van der Waals surface area (Å²) in [5.41, 5.74) is 11.1. The van der Waals surface area contributed by atoms with Gasteiger partial charge in [-0.1, -0.05) is 46.0 Å². The van der Waals surface area contributed by atoms with Gasteiger partial charge in [-0.05, 0) is 36.7 Å². The number of ether oxygens (including phenoxy) is 1. The van der Waals surface area contributed by atoms with E-state index in [1.807, 2.05) is 13.8 Å². The summed E-state index contributed by atoms with van der Waals surface area (Å²) in [4.78, 5) is 25.9. The predicted octanol–water partition coefficient (Wildman–Crippen LogP) is 2.98. The molecule has 0 bridgehead atoms. The average Bonchev–Trinajstić information content (AvgIpc) is 3.10. The summed E-state index contributed by atoms with van der Waals surface area (Å²) in [6, 6.07) is -0.696. The highest BCUT2D eigenvalue weighted by atomic mass is 32.1. The Kier molecular flexibility index (Phi) is 7.98. The van der Waals surface area contributed by atoms with Crippen molar-refractivity contribution in [3.05, 3.63) is 16.0 Å². The number of thiophene rings is 1. The number of carbonyl (C=O) groups excluding carboxylic acids is 2. The summed E-state index contributed by atoms with van der Waals surface area (Å²) < 4.78 is 5.20. The summed E-state index contributed by atoms with van der Waals surface area (Å²) >= 11 is 1.12. The molecule has 0 saturated heterocycles. The first kappa shape index (κ1) is 25.1. The second-order valence-corrected chi connectivity index (χ2v) is 11.0. The fourth-order valence-electron chi connectivity index (χ4n) is 4.83. The molecule has 0 amide bonds. The zero-order valence-corrected chi connectivity index (χ0v) is 20.1. The molecule has 180 valence electrons. The van der Waals surface area contributed by atoms with Crippen LogP contribution in [0.2, 0.25) is 0 Å². The Balaban J connectivity index is 1.81. The monoisotopic (exact) mass is 467 g/mol. The number of nitrogens with two attached hydrogens (primary N) is 1. The van der Waals surface area contributed by atoms with Crippen LogP contribution in [0.1, 0.15) is 91.3 Å². The first-order valence-electron chi connectivity index (χ1n) is 11.6. The highest BCUT2D eigenvalue weighted by Gasteiger charge is 2.40. The third-order valence-electron chi connectivity index (χ3n) is 6.60. The van der Waals surface area contributed by atoms with Gasteiger partial charge >= 0.3 is 5.97 Å². The second kappa shape index (κ2) is 10.2. The van der Waals surface area contributed by atoms with Crippen LogP contribution in [0, 0.1) is 11.3 Å². The third kappa shape index (κ3) is 5.51. The van der Waals surface area contributed by atoms with E-state index in [-0.39, 0.29) is 17.8 Å². The van der Waals surface area contributed by atoms with Crippen molar-refractivity contribution in [3.8, 4) is 0 Å². The second-order valence-electron chi connectivity index (χ2n) is 9.95. The lowest BCUT2D eigenvalue weighted by molar-refractivity contribution is -0.0627. The van der Waals surface area contributed by atoms with Gasteiger partial charge in [0.15, 0.2) is 11.5 Å². The van der Waals surface area contributed by atoms with Crippen LogP contribution in [0.25, 0.3) is 0 Å². The Hall–Kier alpha value is -1.52. The number of hydrogen-bond acceptors (Lipinski definition) is 9. The molecule has 1 heterocycles. The molecule has 32 heavy (non-hydrogen) atoms. The molecule has 1 aromatic heterocycles. The molecule has 1 aromatic rings. The first-order chi connectivity index (χ1) is 15.1. The topological polar surface area (TPSA) is 134 Å². The zero-order valence-electron chi connectivity index (χ0n) is 19.3. The standard InChI is InChI=1S/C23H37N3O5S/c1-4-31-21(29)19-15-11-22(2,3)12-16(28)18(15)20(32-19)25-26-23(30,13-27)17(24)10-14-8-6-5-7-9-14/h14,17,25-27,30H,4-13,24H2,1-3H3/t17-,23?/m1/s1. The van der Waals surface area contributed by atoms with E-state index in [2.05, 4.69) is 10.9 Å². The lowest BCUT2D eigenvalue weighted by atomic mass is 9.74. The number of aliphatic hydroxyl groups is 2. The molecule has 9 heteroatoms. The fraction of sp³-hybridized carbons (Fsp3) is 0.739. The van der Waals surface area contributed by atoms with Gasteiger partial charge in [0.1, 0.15) is 9.88 Å². The van der Waals surface area contributed by atoms with Gasteiger partial charge in [0.05, 0.1) is 24.8 Å². The molecule has 8 nitrogen and oxygen atoms in total. The van der Waals surface area contributed by atoms with Crippen LogP contribution < -0.4 is 16.6 Å². The van der Waals surface area contributed by atoms with Gasteiger partial charge in [-0.2, -0.15) is 0 Å². The molecular weight excluding hydrogens is 430 g/mol. The molecule has 2 aliphatic carbocycles. The van der Waals surface area contributed by atoms with E-state index in [0.29, 0.717) is 46.2 Å². The third-order valence-corrected chi connectivity index (χ3v) is 7.73. The number of carbonyl (C=O) groups is 2. The molecule has 1 saturated carbocycles. The van der Waals surface area contributed by atoms with Crippen molar-refractivity contribution < 1.29 is 24.5 Å². The van der Waals surface area contributed by atoms with E-state index >= 15 is 0 Å². The minimum absolute atomic E-state index is 0.0635. The Morgan fingerprint density at radius 3 is 2.62 bits per heavy atom. The quantitative estimate of drug-likeness (QED) is 0.213. The number of aliphatic hydroxyl groups excluding tert-OH is 1. The maximum atomic E-state index is 13.0. The number of hydrazine groups is 1. The highest BCUT2D eigenvalue weighted by molar-refractivity contribution is 7.18. The smallest absolute Gasteiger partial charge is 0.348 e. The van der Waals surface area contributed by atoms with Crippen molar-refractivity contribution in [1.29, 1.82) is 0 Å². The van der Waals surface area contributed by atoms with Crippen LogP contribution in [0.3, 0.4) is 0 Å². The highest BCUT2D eigenvalue weighted by Crippen LogP contribution is 2.44. The number of hydrogen-bond donors (Lipinski definition) is 5. The fourth-order valence-corrected chi connectivity index (χ4v) is 5.92. The van der Waals surface area contributed by atoms with E-state index in [4.69, 9.17) is 10.5 Å². The lowest BCUT2D eigenvalue weighted by Crippen LogP contribution is -2.63. The molecule has 2 atom stereocenters. The molecule has 1 fully saturated rings. The Labute approximate surface area is 193 Å². The minimum Gasteiger partial charge on any atom is -0.462 e. The van der Waals surface area contributed by atoms with Crippen molar-refractivity contribution in [2.24, 2.45) is 17.1 Å². The zero-order chi connectivity index (χ0) is 23.5. The van der Waals surface area contributed by atoms with E-state index in [9.17, 15) is 19.8 Å². The van der Waals surface area contributed by atoms with Gasteiger partial charge < -0.3 is 26.1 Å². The minimum atomic E-state index is -1.77. The van der Waals surface area contributed by atoms with E-state index < -0.39 is 24.3 Å². The van der Waals surface area contributed by atoms with Gasteiger partial charge in [0, 0.05) is 6.42 Å². The maximum absolute atomic E-state index is 13.0. The van der Waals surface area contributed by atoms with Crippen molar-refractivity contribution in [2.75, 3.05) is 18.6 Å². The SMILES string of the molecule is CCOC(=O)c1sc(NNC(O)(CO)[C@H](N)CC2CCCCC2)c2c1CC(C)(C)CC2=O. The molecule has 1 unspecified atom stereocenters. The average molecular weight is 468 g/mol. The van der Waals surface area contributed by atoms with Gasteiger partial charge in [0.2, 0.25) is 0 Å². The predicted molar refractivity (Wildman–Crippen MR) is 125 cm³/mol. The number of nitrogens with one attached hydrogen (secondary N) is 2. The first-order valence-corrected chi connectivity index (χ1v) is 12.4. The largest absolute Gasteiger partial charge is 0.462 e. The van der Waals surface area contributed by atoms with Crippen LogP contribution in [0.4, 0.5) is 5.00 Å². The van der Waals surface area contributed by atoms with Crippen molar-refractivity contribution in [3.63, 3.8) is 0 Å². The van der Waals surface area contributed by atoms with Gasteiger partial charge in [0.25, 0.3) is 0 Å². The number of Topliss-reactive ketones (excluding diaryl/α,β-unsaturated/α-hetero) is 1. The number of anilines is 1. The maximum Gasteiger partial charge on any atom is 0.348 e. The summed E-state index contributed by atoms with van der Waals surface area (Å²) in [5, 5.41) is 21.4. The molecular formula is C23H37N3O5S. The molecule has 0 aliphatic heterocycles. The number of fused-ring (bicyclic) bond motifs is 1. The summed E-state index contributed by atoms with van der Waals surface area (Å²) in [6.07, 6.45) is 7.24. The van der Waals surface area contributed by atoms with Gasteiger partial charge in [-0.3, -0.25) is 4.79 Å². The van der Waals surface area contributed by atoms with E-state index in [0.717, 1.165) is 37.0 Å². The molecule has 2 aliphatic rings. The van der Waals surface area contributed by atoms with Crippen molar-refractivity contribution in [2.45, 2.75) is 83.9 Å². The Bertz CT molecular complexity index is 834. The van der Waals surface area contributed by atoms with Gasteiger partial charge in [-0.15, -0.1) is 11.3 Å². The number of ketones is 1. The van der Waals surface area contributed by atoms with Crippen molar-refractivity contribution in [1.82, 2.24) is 5.43 Å². The van der Waals surface area contributed by atoms with Crippen LogP contribution in [-0.2, 0) is 11.2 Å². The van der Waals surface area contributed by atoms with E-state index in [1.54, 1.807) is 6.92 Å². The summed E-state index contributed by atoms with van der Waals surface area (Å²) in [7, 11) is 0. The molecule has 0 aromatic carbocycles. The molecule has 3 rings (SSSR count). The number of rotatable bonds is 9. The number of esters is 1. The van der Waals surface area contributed by atoms with Crippen LogP contribution in [0.5, 0.6) is 0 Å². The summed E-state index contributed by atoms with van der Waals surface area (Å²) in [6.45, 7) is 5.39. The Morgan fingerprint density at radius 2 is 2.00 bits per heavy atom. The van der Waals surface area contributed by atoms with Crippen molar-refractivity contribution >= 4 is 28.1 Å². The normalized spacial score (nSPS) is 21.5. The van der Waals surface area contributed by atoms with Crippen LogP contribution >= 0.6 is 11.3 Å². The molecule has 0 spiro atoms. The van der Waals surface area contributed by atoms with E-state index in [1.165, 1.54) is 6.42 Å². The Morgan fingerprint density at radius 1 is 1.31 bits per heavy atom.